The summed E-state index contributed by atoms with van der Waals surface area (Å²) in [5, 5.41) is 3.63. The zero-order valence-corrected chi connectivity index (χ0v) is 11.9. The highest BCUT2D eigenvalue weighted by molar-refractivity contribution is 5.12. The predicted molar refractivity (Wildman–Crippen MR) is 72.5 cm³/mol. The van der Waals surface area contributed by atoms with Crippen LogP contribution in [0.2, 0.25) is 0 Å². The van der Waals surface area contributed by atoms with Crippen molar-refractivity contribution in [2.45, 2.75) is 45.8 Å². The summed E-state index contributed by atoms with van der Waals surface area (Å²) in [5.41, 5.74) is 1.24. The van der Waals surface area contributed by atoms with Crippen molar-refractivity contribution in [1.29, 1.82) is 0 Å². The Bertz CT molecular complexity index is 388. The topological polar surface area (TPSA) is 39.1 Å². The molecule has 0 radical (unpaired) electrons. The van der Waals surface area contributed by atoms with Crippen LogP contribution in [0.5, 0.6) is 0 Å². The molecule has 0 bridgehead atoms. The van der Waals surface area contributed by atoms with Gasteiger partial charge < -0.3 is 14.6 Å². The molecule has 2 heterocycles. The first-order valence-electron chi connectivity index (χ1n) is 6.98. The number of nitrogens with zero attached hydrogens (tertiary/aromatic N) is 2. The van der Waals surface area contributed by atoms with E-state index in [1.807, 2.05) is 13.1 Å². The maximum atomic E-state index is 5.94. The lowest BCUT2D eigenvalue weighted by atomic mass is 9.95. The van der Waals surface area contributed by atoms with Crippen molar-refractivity contribution in [3.63, 3.8) is 0 Å². The Labute approximate surface area is 110 Å². The van der Waals surface area contributed by atoms with Crippen molar-refractivity contribution < 1.29 is 4.74 Å². The number of imidazole rings is 1. The van der Waals surface area contributed by atoms with Gasteiger partial charge in [-0.3, -0.25) is 0 Å². The molecule has 0 aliphatic carbocycles. The SMILES string of the molecule is CCCNC(c1cnc(C)n1C)C1OCCC1C. The number of aryl methyl sites for hydroxylation is 1. The first-order chi connectivity index (χ1) is 8.65. The zero-order valence-electron chi connectivity index (χ0n) is 11.9. The van der Waals surface area contributed by atoms with E-state index in [4.69, 9.17) is 4.74 Å². The summed E-state index contributed by atoms with van der Waals surface area (Å²) < 4.78 is 8.11. The molecule has 18 heavy (non-hydrogen) atoms. The number of hydrogen-bond acceptors (Lipinski definition) is 3. The number of ether oxygens (including phenoxy) is 1. The average Bonchev–Trinajstić information content (AvgIpc) is 2.91. The molecule has 3 atom stereocenters. The third-order valence-electron chi connectivity index (χ3n) is 3.96. The summed E-state index contributed by atoms with van der Waals surface area (Å²) in [6, 6.07) is 0.258. The molecule has 0 spiro atoms. The summed E-state index contributed by atoms with van der Waals surface area (Å²) in [4.78, 5) is 4.41. The van der Waals surface area contributed by atoms with E-state index in [1.54, 1.807) is 0 Å². The number of aromatic nitrogens is 2. The van der Waals surface area contributed by atoms with Gasteiger partial charge in [-0.05, 0) is 32.2 Å². The predicted octanol–water partition coefficient (Wildman–Crippen LogP) is 2.19. The molecule has 0 amide bonds. The number of rotatable bonds is 5. The summed E-state index contributed by atoms with van der Waals surface area (Å²) in [7, 11) is 2.08. The molecule has 2 rings (SSSR count). The normalized spacial score (nSPS) is 25.6. The Morgan fingerprint density at radius 3 is 2.89 bits per heavy atom. The van der Waals surface area contributed by atoms with E-state index < -0.39 is 0 Å². The molecule has 1 saturated heterocycles. The van der Waals surface area contributed by atoms with Crippen LogP contribution in [-0.4, -0.2) is 28.8 Å². The van der Waals surface area contributed by atoms with Crippen LogP contribution in [0.25, 0.3) is 0 Å². The van der Waals surface area contributed by atoms with Crippen LogP contribution in [-0.2, 0) is 11.8 Å². The Kier molecular flexibility index (Phi) is 4.40. The van der Waals surface area contributed by atoms with E-state index in [0.29, 0.717) is 5.92 Å². The van der Waals surface area contributed by atoms with E-state index >= 15 is 0 Å². The average molecular weight is 251 g/mol. The van der Waals surface area contributed by atoms with E-state index in [-0.39, 0.29) is 12.1 Å². The fourth-order valence-corrected chi connectivity index (χ4v) is 2.64. The highest BCUT2D eigenvalue weighted by Gasteiger charge is 2.34. The highest BCUT2D eigenvalue weighted by atomic mass is 16.5. The summed E-state index contributed by atoms with van der Waals surface area (Å²) in [5.74, 6) is 1.66. The molecule has 4 nitrogen and oxygen atoms in total. The molecule has 0 saturated carbocycles. The van der Waals surface area contributed by atoms with Gasteiger partial charge in [0.05, 0.1) is 24.0 Å². The van der Waals surface area contributed by atoms with Gasteiger partial charge in [0.15, 0.2) is 0 Å². The lowest BCUT2D eigenvalue weighted by Gasteiger charge is -2.27. The Morgan fingerprint density at radius 2 is 2.39 bits per heavy atom. The van der Waals surface area contributed by atoms with E-state index in [2.05, 4.69) is 35.8 Å². The largest absolute Gasteiger partial charge is 0.376 e. The third-order valence-corrected chi connectivity index (χ3v) is 3.96. The van der Waals surface area contributed by atoms with Gasteiger partial charge in [0, 0.05) is 13.7 Å². The molecule has 1 aliphatic rings. The van der Waals surface area contributed by atoms with Crippen LogP contribution < -0.4 is 5.32 Å². The van der Waals surface area contributed by atoms with Crippen LogP contribution in [0.3, 0.4) is 0 Å². The first-order valence-corrected chi connectivity index (χ1v) is 6.98. The molecule has 1 fully saturated rings. The lowest BCUT2D eigenvalue weighted by molar-refractivity contribution is 0.0585. The minimum atomic E-state index is 0.258. The maximum Gasteiger partial charge on any atom is 0.105 e. The van der Waals surface area contributed by atoms with Gasteiger partial charge in [-0.15, -0.1) is 0 Å². The molecular weight excluding hydrogens is 226 g/mol. The molecule has 0 aromatic carbocycles. The fraction of sp³-hybridized carbons (Fsp3) is 0.786. The second-order valence-corrected chi connectivity index (χ2v) is 5.32. The monoisotopic (exact) mass is 251 g/mol. The van der Waals surface area contributed by atoms with Gasteiger partial charge >= 0.3 is 0 Å². The van der Waals surface area contributed by atoms with Crippen LogP contribution in [0.4, 0.5) is 0 Å². The number of nitrogens with one attached hydrogen (secondary N) is 1. The summed E-state index contributed by atoms with van der Waals surface area (Å²) in [6.07, 6.45) is 4.54. The summed E-state index contributed by atoms with van der Waals surface area (Å²) in [6.45, 7) is 8.41. The van der Waals surface area contributed by atoms with Crippen LogP contribution in [0.15, 0.2) is 6.20 Å². The second-order valence-electron chi connectivity index (χ2n) is 5.32. The molecule has 1 N–H and O–H groups in total. The van der Waals surface area contributed by atoms with Gasteiger partial charge in [-0.25, -0.2) is 4.98 Å². The van der Waals surface area contributed by atoms with Crippen LogP contribution in [0.1, 0.15) is 44.2 Å². The molecule has 3 unspecified atom stereocenters. The van der Waals surface area contributed by atoms with Gasteiger partial charge in [0.2, 0.25) is 0 Å². The van der Waals surface area contributed by atoms with Crippen LogP contribution >= 0.6 is 0 Å². The zero-order chi connectivity index (χ0) is 13.1. The van der Waals surface area contributed by atoms with Gasteiger partial charge in [-0.1, -0.05) is 13.8 Å². The smallest absolute Gasteiger partial charge is 0.105 e. The molecule has 1 aliphatic heterocycles. The minimum absolute atomic E-state index is 0.258. The minimum Gasteiger partial charge on any atom is -0.376 e. The second kappa shape index (κ2) is 5.85. The molecule has 1 aromatic heterocycles. The molecular formula is C14H25N3O. The fourth-order valence-electron chi connectivity index (χ4n) is 2.64. The van der Waals surface area contributed by atoms with Crippen molar-refractivity contribution in [3.8, 4) is 0 Å². The Hall–Kier alpha value is -0.870. The van der Waals surface area contributed by atoms with Gasteiger partial charge in [0.25, 0.3) is 0 Å². The van der Waals surface area contributed by atoms with Crippen molar-refractivity contribution >= 4 is 0 Å². The van der Waals surface area contributed by atoms with Crippen molar-refractivity contribution in [2.75, 3.05) is 13.2 Å². The quantitative estimate of drug-likeness (QED) is 0.872. The number of hydrogen-bond donors (Lipinski definition) is 1. The van der Waals surface area contributed by atoms with E-state index in [9.17, 15) is 0 Å². The summed E-state index contributed by atoms with van der Waals surface area (Å²) >= 11 is 0. The Balaban J connectivity index is 2.21. The van der Waals surface area contributed by atoms with E-state index in [0.717, 1.165) is 31.8 Å². The standard InChI is InChI=1S/C14H25N3O/c1-5-7-15-13(14-10(2)6-8-18-14)12-9-16-11(3)17(12)4/h9-10,13-15H,5-8H2,1-4H3. The lowest BCUT2D eigenvalue weighted by Crippen LogP contribution is -2.36. The first kappa shape index (κ1) is 13.6. The maximum absolute atomic E-state index is 5.94. The van der Waals surface area contributed by atoms with E-state index in [1.165, 1.54) is 5.69 Å². The Morgan fingerprint density at radius 1 is 1.61 bits per heavy atom. The third kappa shape index (κ3) is 2.59. The van der Waals surface area contributed by atoms with Crippen molar-refractivity contribution in [1.82, 2.24) is 14.9 Å². The van der Waals surface area contributed by atoms with Crippen molar-refractivity contribution in [3.05, 3.63) is 17.7 Å². The molecule has 1 aromatic rings. The highest BCUT2D eigenvalue weighted by Crippen LogP contribution is 2.31. The van der Waals surface area contributed by atoms with Gasteiger partial charge in [0.1, 0.15) is 5.82 Å². The van der Waals surface area contributed by atoms with Crippen molar-refractivity contribution in [2.24, 2.45) is 13.0 Å². The van der Waals surface area contributed by atoms with Gasteiger partial charge in [-0.2, -0.15) is 0 Å². The van der Waals surface area contributed by atoms with Crippen LogP contribution in [0, 0.1) is 12.8 Å². The molecule has 4 heteroatoms. The molecule has 102 valence electrons.